The number of rotatable bonds is 6. The largest absolute Gasteiger partial charge is 0.457 e. The minimum Gasteiger partial charge on any atom is -0.457 e. The van der Waals surface area contributed by atoms with Gasteiger partial charge in [-0.15, -0.1) is 0 Å². The smallest absolute Gasteiger partial charge is 0.240 e. The van der Waals surface area contributed by atoms with E-state index in [-0.39, 0.29) is 18.2 Å². The molecule has 1 atom stereocenters. The van der Waals surface area contributed by atoms with Gasteiger partial charge in [-0.05, 0) is 43.3 Å². The molecule has 6 nitrogen and oxygen atoms in total. The molecule has 0 bridgehead atoms. The summed E-state index contributed by atoms with van der Waals surface area (Å²) in [6.45, 7) is 2.49. The van der Waals surface area contributed by atoms with Gasteiger partial charge in [0.05, 0.1) is 0 Å². The zero-order chi connectivity index (χ0) is 18.4. The number of nitrogens with zero attached hydrogens (tertiary/aromatic N) is 1. The average molecular weight is 369 g/mol. The van der Waals surface area contributed by atoms with E-state index in [0.29, 0.717) is 23.1 Å². The Morgan fingerprint density at radius 1 is 1.15 bits per heavy atom. The van der Waals surface area contributed by atoms with Crippen molar-refractivity contribution in [1.82, 2.24) is 5.32 Å². The molecule has 26 heavy (non-hydrogen) atoms. The normalized spacial score (nSPS) is 17.8. The fourth-order valence-electron chi connectivity index (χ4n) is 2.37. The van der Waals surface area contributed by atoms with Crippen LogP contribution in [-0.4, -0.2) is 28.8 Å². The summed E-state index contributed by atoms with van der Waals surface area (Å²) in [6, 6.07) is 16.6. The molecule has 1 heterocycles. The first-order valence-corrected chi connectivity index (χ1v) is 9.17. The van der Waals surface area contributed by atoms with Crippen LogP contribution in [0.25, 0.3) is 0 Å². The third kappa shape index (κ3) is 4.86. The highest BCUT2D eigenvalue weighted by Crippen LogP contribution is 2.25. The molecule has 0 saturated carbocycles. The van der Waals surface area contributed by atoms with Crippen molar-refractivity contribution in [2.75, 3.05) is 11.9 Å². The summed E-state index contributed by atoms with van der Waals surface area (Å²) in [4.78, 5) is 28.2. The molecule has 1 fully saturated rings. The van der Waals surface area contributed by atoms with Gasteiger partial charge in [0.15, 0.2) is 5.17 Å². The highest BCUT2D eigenvalue weighted by Gasteiger charge is 2.31. The number of hydrogen-bond acceptors (Lipinski definition) is 5. The van der Waals surface area contributed by atoms with E-state index in [1.54, 1.807) is 24.3 Å². The Hall–Kier alpha value is -2.80. The van der Waals surface area contributed by atoms with Crippen LogP contribution in [0.4, 0.5) is 5.69 Å². The maximum absolute atomic E-state index is 12.2. The Morgan fingerprint density at radius 3 is 2.54 bits per heavy atom. The lowest BCUT2D eigenvalue weighted by Crippen LogP contribution is -2.28. The van der Waals surface area contributed by atoms with Crippen molar-refractivity contribution in [3.8, 4) is 11.5 Å². The number of benzene rings is 2. The van der Waals surface area contributed by atoms with Crippen LogP contribution in [0.5, 0.6) is 11.5 Å². The summed E-state index contributed by atoms with van der Waals surface area (Å²) in [7, 11) is 0. The van der Waals surface area contributed by atoms with Crippen LogP contribution in [0.15, 0.2) is 59.6 Å². The molecular formula is C19H19N3O3S. The van der Waals surface area contributed by atoms with Crippen LogP contribution in [0.3, 0.4) is 0 Å². The summed E-state index contributed by atoms with van der Waals surface area (Å²) >= 11 is 1.29. The van der Waals surface area contributed by atoms with Crippen molar-refractivity contribution < 1.29 is 14.3 Å². The number of amidine groups is 1. The van der Waals surface area contributed by atoms with Crippen LogP contribution < -0.4 is 15.4 Å². The summed E-state index contributed by atoms with van der Waals surface area (Å²) in [6.07, 6.45) is 0.0987. The number of carbonyl (C=O) groups is 2. The number of amides is 2. The van der Waals surface area contributed by atoms with Crippen molar-refractivity contribution >= 4 is 34.4 Å². The zero-order valence-electron chi connectivity index (χ0n) is 14.3. The molecule has 0 unspecified atom stereocenters. The second-order valence-electron chi connectivity index (χ2n) is 5.57. The topological polar surface area (TPSA) is 79.8 Å². The second-order valence-corrected chi connectivity index (χ2v) is 6.76. The van der Waals surface area contributed by atoms with Gasteiger partial charge in [0, 0.05) is 18.7 Å². The van der Waals surface area contributed by atoms with Crippen molar-refractivity contribution in [3.63, 3.8) is 0 Å². The lowest BCUT2D eigenvalue weighted by molar-refractivity contribution is -0.122. The van der Waals surface area contributed by atoms with Crippen LogP contribution in [0.1, 0.15) is 13.3 Å². The summed E-state index contributed by atoms with van der Waals surface area (Å²) in [5.41, 5.74) is 0.654. The van der Waals surface area contributed by atoms with E-state index in [4.69, 9.17) is 4.74 Å². The highest BCUT2D eigenvalue weighted by atomic mass is 32.2. The Balaban J connectivity index is 1.53. The molecule has 0 spiro atoms. The lowest BCUT2D eigenvalue weighted by Gasteiger charge is -2.09. The second kappa shape index (κ2) is 8.53. The predicted molar refractivity (Wildman–Crippen MR) is 104 cm³/mol. The van der Waals surface area contributed by atoms with E-state index >= 15 is 0 Å². The first kappa shape index (κ1) is 18.0. The van der Waals surface area contributed by atoms with Gasteiger partial charge in [-0.25, -0.2) is 0 Å². The lowest BCUT2D eigenvalue weighted by atomic mass is 10.2. The molecule has 2 amide bonds. The van der Waals surface area contributed by atoms with Crippen molar-refractivity contribution in [1.29, 1.82) is 0 Å². The van der Waals surface area contributed by atoms with Gasteiger partial charge < -0.3 is 15.4 Å². The third-order valence-corrected chi connectivity index (χ3v) is 4.69. The van der Waals surface area contributed by atoms with Crippen molar-refractivity contribution in [2.24, 2.45) is 4.99 Å². The van der Waals surface area contributed by atoms with E-state index in [0.717, 1.165) is 5.75 Å². The van der Waals surface area contributed by atoms with Crippen LogP contribution >= 0.6 is 11.8 Å². The molecule has 0 aromatic heterocycles. The molecule has 3 rings (SSSR count). The van der Waals surface area contributed by atoms with Crippen LogP contribution in [-0.2, 0) is 9.59 Å². The minimum atomic E-state index is -0.444. The van der Waals surface area contributed by atoms with Gasteiger partial charge in [-0.3, -0.25) is 14.6 Å². The summed E-state index contributed by atoms with van der Waals surface area (Å²) in [5.74, 6) is 1.04. The number of para-hydroxylation sites is 1. The molecule has 1 aliphatic rings. The quantitative estimate of drug-likeness (QED) is 0.818. The third-order valence-electron chi connectivity index (χ3n) is 3.57. The zero-order valence-corrected chi connectivity index (χ0v) is 15.1. The van der Waals surface area contributed by atoms with Gasteiger partial charge in [0.25, 0.3) is 0 Å². The Kier molecular flexibility index (Phi) is 5.91. The van der Waals surface area contributed by atoms with Gasteiger partial charge in [0.1, 0.15) is 16.7 Å². The molecule has 2 aromatic carbocycles. The first-order chi connectivity index (χ1) is 12.6. The average Bonchev–Trinajstić information content (AvgIpc) is 2.97. The van der Waals surface area contributed by atoms with Crippen molar-refractivity contribution in [2.45, 2.75) is 18.6 Å². The first-order valence-electron chi connectivity index (χ1n) is 8.29. The van der Waals surface area contributed by atoms with Crippen LogP contribution in [0, 0.1) is 0 Å². The predicted octanol–water partition coefficient (Wildman–Crippen LogP) is 3.42. The molecule has 1 saturated heterocycles. The number of hydrogen-bond donors (Lipinski definition) is 2. The number of aliphatic imine (C=N–C) groups is 1. The monoisotopic (exact) mass is 369 g/mol. The van der Waals surface area contributed by atoms with E-state index in [1.165, 1.54) is 11.8 Å². The number of thioether (sulfide) groups is 1. The van der Waals surface area contributed by atoms with Crippen LogP contribution in [0.2, 0.25) is 0 Å². The molecule has 1 aliphatic heterocycles. The number of anilines is 1. The Bertz CT molecular complexity index is 807. The van der Waals surface area contributed by atoms with Gasteiger partial charge in [-0.1, -0.05) is 30.0 Å². The Labute approximate surface area is 156 Å². The van der Waals surface area contributed by atoms with Crippen molar-refractivity contribution in [3.05, 3.63) is 54.6 Å². The number of carbonyl (C=O) groups excluding carboxylic acids is 2. The minimum absolute atomic E-state index is 0.0987. The van der Waals surface area contributed by atoms with E-state index in [1.807, 2.05) is 37.3 Å². The summed E-state index contributed by atoms with van der Waals surface area (Å²) in [5, 5.41) is 5.62. The molecule has 2 N–H and O–H groups in total. The molecule has 2 aromatic rings. The Morgan fingerprint density at radius 2 is 1.85 bits per heavy atom. The summed E-state index contributed by atoms with van der Waals surface area (Å²) < 4.78 is 5.71. The fraction of sp³-hybridized carbons (Fsp3) is 0.211. The molecule has 0 aliphatic carbocycles. The van der Waals surface area contributed by atoms with Gasteiger partial charge in [-0.2, -0.15) is 0 Å². The number of ether oxygens (including phenoxy) is 1. The molecule has 134 valence electrons. The molecule has 7 heteroatoms. The van der Waals surface area contributed by atoms with E-state index < -0.39 is 5.25 Å². The maximum atomic E-state index is 12.2. The molecular weight excluding hydrogens is 350 g/mol. The highest BCUT2D eigenvalue weighted by molar-refractivity contribution is 8.15. The SMILES string of the molecule is CCN=C1NC(=O)[C@@H](CC(=O)Nc2ccc(Oc3ccccc3)cc2)S1. The maximum Gasteiger partial charge on any atom is 0.240 e. The molecule has 0 radical (unpaired) electrons. The standard InChI is InChI=1S/C19H19N3O3S/c1-2-20-19-22-18(24)16(26-19)12-17(23)21-13-8-10-15(11-9-13)25-14-6-4-3-5-7-14/h3-11,16H,2,12H2,1H3,(H,21,23)(H,20,22,24)/t16-/m1/s1. The van der Waals surface area contributed by atoms with E-state index in [9.17, 15) is 9.59 Å². The fourth-order valence-corrected chi connectivity index (χ4v) is 3.40. The van der Waals surface area contributed by atoms with Gasteiger partial charge >= 0.3 is 0 Å². The van der Waals surface area contributed by atoms with E-state index in [2.05, 4.69) is 15.6 Å². The number of nitrogens with one attached hydrogen (secondary N) is 2. The van der Waals surface area contributed by atoms with Gasteiger partial charge in [0.2, 0.25) is 11.8 Å².